The van der Waals surface area contributed by atoms with E-state index in [9.17, 15) is 0 Å². The second-order valence-electron chi connectivity index (χ2n) is 3.58. The Labute approximate surface area is 96.4 Å². The molecule has 1 saturated carbocycles. The van der Waals surface area contributed by atoms with Gasteiger partial charge in [-0.1, -0.05) is 0 Å². The van der Waals surface area contributed by atoms with Crippen LogP contribution in [0, 0.1) is 5.92 Å². The molecule has 0 nitrogen and oxygen atoms in total. The van der Waals surface area contributed by atoms with Gasteiger partial charge in [0.2, 0.25) is 0 Å². The van der Waals surface area contributed by atoms with E-state index < -0.39 is 0 Å². The van der Waals surface area contributed by atoms with E-state index in [2.05, 4.69) is 27.4 Å². The average molecular weight is 280 g/mol. The van der Waals surface area contributed by atoms with E-state index in [0.717, 1.165) is 18.8 Å². The fourth-order valence-electron chi connectivity index (χ4n) is 1.47. The van der Waals surface area contributed by atoms with Crippen LogP contribution < -0.4 is 0 Å². The molecule has 1 aliphatic rings. The Morgan fingerprint density at radius 2 is 2.38 bits per heavy atom. The van der Waals surface area contributed by atoms with Crippen LogP contribution in [-0.2, 0) is 6.42 Å². The van der Waals surface area contributed by atoms with Crippen molar-refractivity contribution < 1.29 is 0 Å². The number of halogens is 2. The molecule has 1 aromatic heterocycles. The lowest BCUT2D eigenvalue weighted by Crippen LogP contribution is -2.02. The van der Waals surface area contributed by atoms with Crippen LogP contribution in [0.15, 0.2) is 15.9 Å². The van der Waals surface area contributed by atoms with Crippen LogP contribution >= 0.6 is 38.9 Å². The molecular formula is C10H12BrClS. The molecule has 1 aliphatic carbocycles. The molecule has 0 bridgehead atoms. The minimum Gasteiger partial charge on any atom is -0.148 e. The second kappa shape index (κ2) is 4.33. The van der Waals surface area contributed by atoms with Crippen molar-refractivity contribution in [2.24, 2.45) is 5.92 Å². The molecule has 1 heterocycles. The van der Waals surface area contributed by atoms with Crippen LogP contribution in [0.3, 0.4) is 0 Å². The van der Waals surface area contributed by atoms with Crippen molar-refractivity contribution in [3.8, 4) is 0 Å². The minimum absolute atomic E-state index is 0.411. The highest BCUT2D eigenvalue weighted by Crippen LogP contribution is 2.38. The highest BCUT2D eigenvalue weighted by Gasteiger charge is 2.29. The second-order valence-corrected chi connectivity index (χ2v) is 6.00. The summed E-state index contributed by atoms with van der Waals surface area (Å²) in [4.78, 5) is 1.44. The van der Waals surface area contributed by atoms with Crippen molar-refractivity contribution >= 4 is 38.9 Å². The molecule has 0 radical (unpaired) electrons. The quantitative estimate of drug-likeness (QED) is 0.714. The first kappa shape index (κ1) is 10.0. The maximum absolute atomic E-state index is 6.24. The number of thiophene rings is 1. The fraction of sp³-hybridized carbons (Fsp3) is 0.600. The summed E-state index contributed by atoms with van der Waals surface area (Å²) < 4.78 is 1.25. The summed E-state index contributed by atoms with van der Waals surface area (Å²) in [6.07, 6.45) is 4.95. The van der Waals surface area contributed by atoms with Gasteiger partial charge in [-0.15, -0.1) is 22.9 Å². The molecule has 0 amide bonds. The Bertz CT molecular complexity index is 280. The highest BCUT2D eigenvalue weighted by atomic mass is 79.9. The van der Waals surface area contributed by atoms with E-state index in [1.165, 1.54) is 22.2 Å². The average Bonchev–Trinajstić information content (AvgIpc) is 2.88. The Morgan fingerprint density at radius 3 is 2.92 bits per heavy atom. The van der Waals surface area contributed by atoms with Crippen molar-refractivity contribution in [3.05, 3.63) is 20.8 Å². The van der Waals surface area contributed by atoms with E-state index in [1.807, 2.05) is 11.3 Å². The van der Waals surface area contributed by atoms with Crippen molar-refractivity contribution in [1.29, 1.82) is 0 Å². The molecule has 0 aromatic carbocycles. The predicted molar refractivity (Wildman–Crippen MR) is 62.7 cm³/mol. The molecule has 0 aliphatic heterocycles. The summed E-state index contributed by atoms with van der Waals surface area (Å²) in [6, 6.07) is 2.11. The van der Waals surface area contributed by atoms with E-state index in [1.54, 1.807) is 0 Å². The first-order chi connectivity index (χ1) is 6.27. The van der Waals surface area contributed by atoms with Gasteiger partial charge in [-0.3, -0.25) is 0 Å². The van der Waals surface area contributed by atoms with E-state index in [-0.39, 0.29) is 0 Å². The molecule has 1 fully saturated rings. The van der Waals surface area contributed by atoms with Crippen molar-refractivity contribution in [3.63, 3.8) is 0 Å². The lowest BCUT2D eigenvalue weighted by molar-refractivity contribution is 0.680. The highest BCUT2D eigenvalue weighted by molar-refractivity contribution is 9.10. The number of hydrogen-bond donors (Lipinski definition) is 0. The SMILES string of the molecule is ClC(CCc1sccc1Br)C1CC1. The number of alkyl halides is 1. The minimum atomic E-state index is 0.411. The normalized spacial score (nSPS) is 18.9. The van der Waals surface area contributed by atoms with Gasteiger partial charge in [0.1, 0.15) is 0 Å². The van der Waals surface area contributed by atoms with Crippen LogP contribution in [0.25, 0.3) is 0 Å². The zero-order valence-electron chi connectivity index (χ0n) is 7.30. The molecule has 1 aromatic rings. The third-order valence-corrected chi connectivity index (χ3v) is 5.03. The molecule has 1 unspecified atom stereocenters. The van der Waals surface area contributed by atoms with Crippen molar-refractivity contribution in [1.82, 2.24) is 0 Å². The third-order valence-electron chi connectivity index (χ3n) is 2.47. The number of hydrogen-bond acceptors (Lipinski definition) is 1. The number of rotatable bonds is 4. The Morgan fingerprint density at radius 1 is 1.62 bits per heavy atom. The van der Waals surface area contributed by atoms with E-state index in [0.29, 0.717) is 5.38 Å². The van der Waals surface area contributed by atoms with Crippen LogP contribution in [0.5, 0.6) is 0 Å². The Kier molecular flexibility index (Phi) is 3.33. The fourth-order valence-corrected chi connectivity index (χ4v) is 3.40. The molecule has 13 heavy (non-hydrogen) atoms. The summed E-state index contributed by atoms with van der Waals surface area (Å²) in [6.45, 7) is 0. The van der Waals surface area contributed by atoms with Gasteiger partial charge in [0.15, 0.2) is 0 Å². The molecule has 0 N–H and O–H groups in total. The lowest BCUT2D eigenvalue weighted by Gasteiger charge is -2.05. The Balaban J connectivity index is 1.81. The van der Waals surface area contributed by atoms with Gasteiger partial charge in [0.25, 0.3) is 0 Å². The summed E-state index contributed by atoms with van der Waals surface area (Å²) in [5.41, 5.74) is 0. The van der Waals surface area contributed by atoms with Gasteiger partial charge in [-0.25, -0.2) is 0 Å². The lowest BCUT2D eigenvalue weighted by atomic mass is 10.1. The van der Waals surface area contributed by atoms with Crippen LogP contribution in [0.2, 0.25) is 0 Å². The van der Waals surface area contributed by atoms with Gasteiger partial charge in [-0.05, 0) is 59.0 Å². The monoisotopic (exact) mass is 278 g/mol. The topological polar surface area (TPSA) is 0 Å². The van der Waals surface area contributed by atoms with Gasteiger partial charge >= 0.3 is 0 Å². The van der Waals surface area contributed by atoms with Crippen LogP contribution in [0.1, 0.15) is 24.1 Å². The first-order valence-electron chi connectivity index (χ1n) is 4.63. The van der Waals surface area contributed by atoms with Gasteiger partial charge in [0, 0.05) is 14.7 Å². The molecule has 0 spiro atoms. The molecule has 0 saturated heterocycles. The van der Waals surface area contributed by atoms with Crippen LogP contribution in [-0.4, -0.2) is 5.38 Å². The van der Waals surface area contributed by atoms with Gasteiger partial charge < -0.3 is 0 Å². The smallest absolute Gasteiger partial charge is 0.0367 e. The number of aryl methyl sites for hydroxylation is 1. The Hall–Kier alpha value is 0.470. The third kappa shape index (κ3) is 2.71. The predicted octanol–water partition coefficient (Wildman–Crippen LogP) is 4.46. The molecular weight excluding hydrogens is 268 g/mol. The van der Waals surface area contributed by atoms with Gasteiger partial charge in [-0.2, -0.15) is 0 Å². The zero-order chi connectivity index (χ0) is 9.26. The molecule has 2 rings (SSSR count). The van der Waals surface area contributed by atoms with Gasteiger partial charge in [0.05, 0.1) is 0 Å². The summed E-state index contributed by atoms with van der Waals surface area (Å²) in [5.74, 6) is 0.820. The first-order valence-corrected chi connectivity index (χ1v) is 6.74. The molecule has 72 valence electrons. The molecule has 3 heteroatoms. The van der Waals surface area contributed by atoms with Crippen molar-refractivity contribution in [2.75, 3.05) is 0 Å². The van der Waals surface area contributed by atoms with Crippen LogP contribution in [0.4, 0.5) is 0 Å². The maximum atomic E-state index is 6.24. The van der Waals surface area contributed by atoms with E-state index in [4.69, 9.17) is 11.6 Å². The van der Waals surface area contributed by atoms with Crippen molar-refractivity contribution in [2.45, 2.75) is 31.1 Å². The summed E-state index contributed by atoms with van der Waals surface area (Å²) >= 11 is 11.6. The standard InChI is InChI=1S/C10H12BrClS/c11-8-5-6-13-10(8)4-3-9(12)7-1-2-7/h5-7,9H,1-4H2. The van der Waals surface area contributed by atoms with E-state index >= 15 is 0 Å². The summed E-state index contributed by atoms with van der Waals surface area (Å²) in [7, 11) is 0. The summed E-state index contributed by atoms with van der Waals surface area (Å²) in [5, 5.41) is 2.54. The zero-order valence-corrected chi connectivity index (χ0v) is 10.5. The molecule has 1 atom stereocenters. The largest absolute Gasteiger partial charge is 0.148 e. The maximum Gasteiger partial charge on any atom is 0.0367 e.